The molecule has 10 heteroatoms. The number of hydrogen-bond acceptors (Lipinski definition) is 5. The zero-order valence-electron chi connectivity index (χ0n) is 15.3. The summed E-state index contributed by atoms with van der Waals surface area (Å²) in [5, 5.41) is 11.5. The molecule has 0 saturated heterocycles. The molecule has 4 N–H and O–H groups in total. The lowest BCUT2D eigenvalue weighted by molar-refractivity contribution is -0.120. The van der Waals surface area contributed by atoms with Crippen LogP contribution in [0.15, 0.2) is 53.4 Å². The van der Waals surface area contributed by atoms with E-state index in [-0.39, 0.29) is 17.5 Å². The zero-order chi connectivity index (χ0) is 21.2. The van der Waals surface area contributed by atoms with Gasteiger partial charge in [-0.15, -0.1) is 11.3 Å². The first-order chi connectivity index (χ1) is 13.7. The van der Waals surface area contributed by atoms with Crippen LogP contribution in [0, 0.1) is 0 Å². The second kappa shape index (κ2) is 8.50. The fraction of sp³-hybridized carbons (Fsp3) is 0.158. The minimum Gasteiger partial charge on any atom is -0.348 e. The average Bonchev–Trinajstić information content (AvgIpc) is 3.02. The minimum atomic E-state index is -3.77. The van der Waals surface area contributed by atoms with Gasteiger partial charge in [0.25, 0.3) is 5.91 Å². The molecular formula is C19H18ClN3O4S2. The van der Waals surface area contributed by atoms with Crippen LogP contribution in [0.3, 0.4) is 0 Å². The number of fused-ring (bicyclic) bond motifs is 1. The van der Waals surface area contributed by atoms with Crippen molar-refractivity contribution in [2.45, 2.75) is 17.9 Å². The van der Waals surface area contributed by atoms with Crippen LogP contribution in [-0.2, 0) is 14.8 Å². The van der Waals surface area contributed by atoms with E-state index in [0.29, 0.717) is 15.5 Å². The number of nitrogens with one attached hydrogen (secondary N) is 2. The molecule has 0 radical (unpaired) electrons. The van der Waals surface area contributed by atoms with Gasteiger partial charge in [0.15, 0.2) is 0 Å². The number of carbonyl (C=O) groups is 2. The minimum absolute atomic E-state index is 0.00717. The van der Waals surface area contributed by atoms with Crippen LogP contribution in [0.4, 0.5) is 0 Å². The Hall–Kier alpha value is -2.46. The number of halogens is 1. The second-order valence-corrected chi connectivity index (χ2v) is 9.32. The lowest BCUT2D eigenvalue weighted by atomic mass is 10.1. The number of sulfonamides is 1. The molecule has 1 heterocycles. The SMILES string of the molecule is C[C@@H](NC(=O)CNC(=O)c1sc2ccccc2c1Cl)c1ccc(S(N)(=O)=O)cc1. The molecule has 0 fully saturated rings. The van der Waals surface area contributed by atoms with Crippen molar-refractivity contribution in [3.63, 3.8) is 0 Å². The molecule has 0 saturated carbocycles. The average molecular weight is 452 g/mol. The van der Waals surface area contributed by atoms with Gasteiger partial charge in [0.2, 0.25) is 15.9 Å². The molecule has 3 rings (SSSR count). The predicted molar refractivity (Wildman–Crippen MR) is 114 cm³/mol. The lowest BCUT2D eigenvalue weighted by Gasteiger charge is -2.15. The van der Waals surface area contributed by atoms with E-state index in [1.165, 1.54) is 23.5 Å². The summed E-state index contributed by atoms with van der Waals surface area (Å²) < 4.78 is 23.5. The number of thiophene rings is 1. The first kappa shape index (κ1) is 21.3. The Bertz CT molecular complexity index is 1170. The van der Waals surface area contributed by atoms with Gasteiger partial charge in [-0.2, -0.15) is 0 Å². The molecule has 152 valence electrons. The van der Waals surface area contributed by atoms with E-state index in [1.54, 1.807) is 19.1 Å². The molecule has 7 nitrogen and oxygen atoms in total. The summed E-state index contributed by atoms with van der Waals surface area (Å²) in [6, 6.07) is 12.9. The van der Waals surface area contributed by atoms with Crippen molar-refractivity contribution in [2.24, 2.45) is 5.14 Å². The van der Waals surface area contributed by atoms with Crippen molar-refractivity contribution in [2.75, 3.05) is 6.54 Å². The number of benzene rings is 2. The van der Waals surface area contributed by atoms with Gasteiger partial charge in [0, 0.05) is 10.1 Å². The van der Waals surface area contributed by atoms with E-state index in [4.69, 9.17) is 16.7 Å². The van der Waals surface area contributed by atoms with Gasteiger partial charge in [-0.3, -0.25) is 9.59 Å². The van der Waals surface area contributed by atoms with Crippen LogP contribution < -0.4 is 15.8 Å². The maximum absolute atomic E-state index is 12.4. The fourth-order valence-electron chi connectivity index (χ4n) is 2.72. The van der Waals surface area contributed by atoms with E-state index in [2.05, 4.69) is 10.6 Å². The van der Waals surface area contributed by atoms with Crippen molar-refractivity contribution >= 4 is 54.9 Å². The predicted octanol–water partition coefficient (Wildman–Crippen LogP) is 2.81. The largest absolute Gasteiger partial charge is 0.348 e. The quantitative estimate of drug-likeness (QED) is 0.533. The molecule has 3 aromatic rings. The van der Waals surface area contributed by atoms with Gasteiger partial charge in [0.05, 0.1) is 22.5 Å². The van der Waals surface area contributed by atoms with Crippen molar-refractivity contribution in [1.29, 1.82) is 0 Å². The highest BCUT2D eigenvalue weighted by molar-refractivity contribution is 7.89. The molecular weight excluding hydrogens is 434 g/mol. The molecule has 1 aromatic heterocycles. The Balaban J connectivity index is 1.59. The van der Waals surface area contributed by atoms with Crippen LogP contribution >= 0.6 is 22.9 Å². The van der Waals surface area contributed by atoms with Crippen LogP contribution in [0.2, 0.25) is 5.02 Å². The molecule has 2 aromatic carbocycles. The number of carbonyl (C=O) groups excluding carboxylic acids is 2. The smallest absolute Gasteiger partial charge is 0.263 e. The summed E-state index contributed by atoms with van der Waals surface area (Å²) in [7, 11) is -3.77. The van der Waals surface area contributed by atoms with Crippen LogP contribution in [0.1, 0.15) is 28.2 Å². The molecule has 1 atom stereocenters. The molecule has 2 amide bonds. The Kier molecular flexibility index (Phi) is 6.23. The van der Waals surface area contributed by atoms with Gasteiger partial charge in [-0.05, 0) is 30.7 Å². The third-order valence-electron chi connectivity index (χ3n) is 4.24. The van der Waals surface area contributed by atoms with Gasteiger partial charge in [-0.25, -0.2) is 13.6 Å². The molecule has 0 unspecified atom stereocenters. The highest BCUT2D eigenvalue weighted by atomic mass is 35.5. The normalized spacial score (nSPS) is 12.5. The summed E-state index contributed by atoms with van der Waals surface area (Å²) in [6.07, 6.45) is 0. The number of hydrogen-bond donors (Lipinski definition) is 3. The topological polar surface area (TPSA) is 118 Å². The molecule has 0 bridgehead atoms. The van der Waals surface area contributed by atoms with E-state index >= 15 is 0 Å². The Morgan fingerprint density at radius 1 is 1.14 bits per heavy atom. The summed E-state index contributed by atoms with van der Waals surface area (Å²) in [4.78, 5) is 24.9. The maximum Gasteiger partial charge on any atom is 0.263 e. The third-order valence-corrected chi connectivity index (χ3v) is 6.84. The standard InChI is InChI=1S/C19H18ClN3O4S2/c1-11(12-6-8-13(9-7-12)29(21,26)27)23-16(24)10-22-19(25)18-17(20)14-4-2-3-5-15(14)28-18/h2-9,11H,10H2,1H3,(H,22,25)(H,23,24)(H2,21,26,27)/t11-/m1/s1. The number of nitrogens with two attached hydrogens (primary N) is 1. The fourth-order valence-corrected chi connectivity index (χ4v) is 4.67. The summed E-state index contributed by atoms with van der Waals surface area (Å²) in [5.41, 5.74) is 0.699. The van der Waals surface area contributed by atoms with E-state index in [0.717, 1.165) is 10.1 Å². The summed E-state index contributed by atoms with van der Waals surface area (Å²) >= 11 is 7.54. The highest BCUT2D eigenvalue weighted by Gasteiger charge is 2.18. The van der Waals surface area contributed by atoms with Crippen LogP contribution in [0.5, 0.6) is 0 Å². The second-order valence-electron chi connectivity index (χ2n) is 6.33. The summed E-state index contributed by atoms with van der Waals surface area (Å²) in [6.45, 7) is 1.53. The first-order valence-corrected chi connectivity index (χ1v) is 11.3. The van der Waals surface area contributed by atoms with E-state index in [1.807, 2.05) is 24.3 Å². The third kappa shape index (κ3) is 4.94. The van der Waals surface area contributed by atoms with Gasteiger partial charge >= 0.3 is 0 Å². The van der Waals surface area contributed by atoms with Gasteiger partial charge in [-0.1, -0.05) is 41.9 Å². The molecule has 0 aliphatic carbocycles. The number of primary sulfonamides is 1. The summed E-state index contributed by atoms with van der Waals surface area (Å²) in [5.74, 6) is -0.810. The Morgan fingerprint density at radius 3 is 2.41 bits per heavy atom. The molecule has 0 spiro atoms. The van der Waals surface area contributed by atoms with Crippen molar-refractivity contribution in [3.05, 3.63) is 64.0 Å². The lowest BCUT2D eigenvalue weighted by Crippen LogP contribution is -2.37. The van der Waals surface area contributed by atoms with Gasteiger partial charge < -0.3 is 10.6 Å². The number of rotatable bonds is 6. The van der Waals surface area contributed by atoms with E-state index in [9.17, 15) is 18.0 Å². The molecule has 0 aliphatic heterocycles. The van der Waals surface area contributed by atoms with E-state index < -0.39 is 21.8 Å². The van der Waals surface area contributed by atoms with Crippen LogP contribution in [0.25, 0.3) is 10.1 Å². The van der Waals surface area contributed by atoms with Gasteiger partial charge in [0.1, 0.15) is 4.88 Å². The zero-order valence-corrected chi connectivity index (χ0v) is 17.7. The van der Waals surface area contributed by atoms with Crippen molar-refractivity contribution < 1.29 is 18.0 Å². The molecule has 0 aliphatic rings. The monoisotopic (exact) mass is 451 g/mol. The first-order valence-electron chi connectivity index (χ1n) is 8.54. The maximum atomic E-state index is 12.4. The van der Waals surface area contributed by atoms with Crippen molar-refractivity contribution in [3.8, 4) is 0 Å². The molecule has 29 heavy (non-hydrogen) atoms. The van der Waals surface area contributed by atoms with Crippen LogP contribution in [-0.4, -0.2) is 26.8 Å². The Labute approximate surface area is 176 Å². The highest BCUT2D eigenvalue weighted by Crippen LogP contribution is 2.34. The number of amides is 2. The Morgan fingerprint density at radius 2 is 1.79 bits per heavy atom. The van der Waals surface area contributed by atoms with Crippen molar-refractivity contribution in [1.82, 2.24) is 10.6 Å².